The molecular weight excluding hydrogens is 400 g/mol. The van der Waals surface area contributed by atoms with Crippen molar-refractivity contribution >= 4 is 45.7 Å². The van der Waals surface area contributed by atoms with Gasteiger partial charge in [-0.15, -0.1) is 0 Å². The summed E-state index contributed by atoms with van der Waals surface area (Å²) in [7, 11) is 0. The predicted molar refractivity (Wildman–Crippen MR) is 104 cm³/mol. The third-order valence-electron chi connectivity index (χ3n) is 4.09. The molecule has 0 spiro atoms. The maximum atomic E-state index is 12.0. The van der Waals surface area contributed by atoms with E-state index in [2.05, 4.69) is 15.3 Å². The molecule has 0 radical (unpaired) electrons. The van der Waals surface area contributed by atoms with E-state index in [1.807, 2.05) is 0 Å². The highest BCUT2D eigenvalue weighted by Gasteiger charge is 2.29. The van der Waals surface area contributed by atoms with Crippen molar-refractivity contribution in [2.45, 2.75) is 12.8 Å². The minimum atomic E-state index is -0.614. The molecule has 1 fully saturated rings. The number of ether oxygens (including phenoxy) is 1. The van der Waals surface area contributed by atoms with E-state index in [1.54, 1.807) is 24.3 Å². The molecule has 1 aromatic heterocycles. The average molecular weight is 418 g/mol. The Balaban J connectivity index is 1.38. The van der Waals surface area contributed by atoms with Gasteiger partial charge in [0.1, 0.15) is 5.82 Å². The van der Waals surface area contributed by atoms with Crippen LogP contribution in [0.4, 0.5) is 4.79 Å². The molecule has 11 heteroatoms. The van der Waals surface area contributed by atoms with Gasteiger partial charge in [0.25, 0.3) is 16.7 Å². The molecule has 152 valence electrons. The molecule has 29 heavy (non-hydrogen) atoms. The number of H-pyrrole nitrogens is 1. The highest BCUT2D eigenvalue weighted by atomic mass is 32.2. The number of carbonyl (C=O) groups is 4. The summed E-state index contributed by atoms with van der Waals surface area (Å²) in [5.74, 6) is -0.977. The Bertz CT molecular complexity index is 1000. The lowest BCUT2D eigenvalue weighted by atomic mass is 10.2. The number of aromatic amines is 1. The number of aromatic nitrogens is 2. The van der Waals surface area contributed by atoms with Gasteiger partial charge in [-0.1, -0.05) is 23.9 Å². The number of amides is 3. The van der Waals surface area contributed by atoms with Gasteiger partial charge in [-0.25, -0.2) is 4.98 Å². The minimum absolute atomic E-state index is 0.0530. The Kier molecular flexibility index (Phi) is 6.60. The number of esters is 1. The number of hydrogen-bond donors (Lipinski definition) is 2. The van der Waals surface area contributed by atoms with Gasteiger partial charge in [0, 0.05) is 19.5 Å². The Morgan fingerprint density at radius 3 is 2.79 bits per heavy atom. The maximum Gasteiger partial charge on any atom is 0.306 e. The van der Waals surface area contributed by atoms with Crippen molar-refractivity contribution in [1.82, 2.24) is 20.2 Å². The normalized spacial score (nSPS) is 13.7. The van der Waals surface area contributed by atoms with Gasteiger partial charge >= 0.3 is 5.97 Å². The largest absolute Gasteiger partial charge is 0.456 e. The highest BCUT2D eigenvalue weighted by molar-refractivity contribution is 8.14. The summed E-state index contributed by atoms with van der Waals surface area (Å²) in [6.45, 7) is -0.320. The number of fused-ring (bicyclic) bond motifs is 1. The number of thioether (sulfide) groups is 1. The summed E-state index contributed by atoms with van der Waals surface area (Å²) < 4.78 is 4.89. The molecule has 2 aromatic rings. The maximum absolute atomic E-state index is 12.0. The van der Waals surface area contributed by atoms with Crippen LogP contribution in [0.25, 0.3) is 10.9 Å². The van der Waals surface area contributed by atoms with Crippen molar-refractivity contribution in [3.8, 4) is 0 Å². The molecule has 3 rings (SSSR count). The zero-order chi connectivity index (χ0) is 20.8. The Morgan fingerprint density at radius 1 is 1.24 bits per heavy atom. The summed E-state index contributed by atoms with van der Waals surface area (Å²) >= 11 is 0.920. The van der Waals surface area contributed by atoms with Crippen molar-refractivity contribution in [2.24, 2.45) is 0 Å². The predicted octanol–water partition coefficient (Wildman–Crippen LogP) is 0.210. The van der Waals surface area contributed by atoms with Crippen LogP contribution in [0.3, 0.4) is 0 Å². The Hall–Kier alpha value is -3.21. The lowest BCUT2D eigenvalue weighted by Gasteiger charge is -2.13. The molecule has 10 nitrogen and oxygen atoms in total. The molecule has 0 atom stereocenters. The van der Waals surface area contributed by atoms with Gasteiger partial charge in [0.15, 0.2) is 6.61 Å². The molecule has 0 unspecified atom stereocenters. The van der Waals surface area contributed by atoms with Gasteiger partial charge in [-0.05, 0) is 12.1 Å². The second-order valence-corrected chi connectivity index (χ2v) is 7.07. The molecule has 1 aliphatic rings. The first-order valence-corrected chi connectivity index (χ1v) is 9.80. The van der Waals surface area contributed by atoms with Crippen molar-refractivity contribution in [3.63, 3.8) is 0 Å². The highest BCUT2D eigenvalue weighted by Crippen LogP contribution is 2.17. The lowest BCUT2D eigenvalue weighted by molar-refractivity contribution is -0.148. The fraction of sp³-hybridized carbons (Fsp3) is 0.333. The van der Waals surface area contributed by atoms with Gasteiger partial charge in [-0.2, -0.15) is 0 Å². The molecule has 2 heterocycles. The van der Waals surface area contributed by atoms with Gasteiger partial charge < -0.3 is 15.0 Å². The van der Waals surface area contributed by atoms with E-state index in [-0.39, 0.29) is 48.4 Å². The van der Waals surface area contributed by atoms with Crippen LogP contribution in [0.15, 0.2) is 29.1 Å². The van der Waals surface area contributed by atoms with E-state index in [4.69, 9.17) is 4.74 Å². The quantitative estimate of drug-likeness (QED) is 0.580. The number of para-hydroxylation sites is 1. The number of carbonyl (C=O) groups excluding carboxylic acids is 4. The Labute approximate surface area is 169 Å². The summed E-state index contributed by atoms with van der Waals surface area (Å²) in [4.78, 5) is 66.3. The van der Waals surface area contributed by atoms with Crippen LogP contribution in [0.2, 0.25) is 0 Å². The molecule has 1 aliphatic heterocycles. The number of benzene rings is 1. The van der Waals surface area contributed by atoms with Crippen molar-refractivity contribution < 1.29 is 23.9 Å². The molecule has 1 aromatic carbocycles. The summed E-state index contributed by atoms with van der Waals surface area (Å²) in [6, 6.07) is 6.87. The zero-order valence-electron chi connectivity index (χ0n) is 15.3. The topological polar surface area (TPSA) is 139 Å². The number of aryl methyl sites for hydroxylation is 1. The van der Waals surface area contributed by atoms with Crippen LogP contribution in [0.5, 0.6) is 0 Å². The third kappa shape index (κ3) is 5.41. The number of nitrogens with zero attached hydrogens (tertiary/aromatic N) is 2. The van der Waals surface area contributed by atoms with Crippen LogP contribution < -0.4 is 10.9 Å². The average Bonchev–Trinajstić information content (AvgIpc) is 3.03. The first-order chi connectivity index (χ1) is 13.9. The van der Waals surface area contributed by atoms with E-state index in [0.29, 0.717) is 16.7 Å². The zero-order valence-corrected chi connectivity index (χ0v) is 16.1. The van der Waals surface area contributed by atoms with Gasteiger partial charge in [0.05, 0.1) is 23.1 Å². The fourth-order valence-corrected chi connectivity index (χ4v) is 3.40. The number of nitrogens with one attached hydrogen (secondary N) is 2. The Morgan fingerprint density at radius 2 is 2.03 bits per heavy atom. The monoisotopic (exact) mass is 418 g/mol. The molecule has 0 saturated carbocycles. The summed E-state index contributed by atoms with van der Waals surface area (Å²) in [5.41, 5.74) is 0.249. The van der Waals surface area contributed by atoms with Crippen molar-refractivity contribution in [3.05, 3.63) is 40.4 Å². The lowest BCUT2D eigenvalue weighted by Crippen LogP contribution is -2.38. The smallest absolute Gasteiger partial charge is 0.306 e. The van der Waals surface area contributed by atoms with Crippen LogP contribution in [-0.4, -0.2) is 63.3 Å². The van der Waals surface area contributed by atoms with Crippen LogP contribution in [0, 0.1) is 0 Å². The summed E-state index contributed by atoms with van der Waals surface area (Å²) in [5, 5.41) is 2.60. The molecular formula is C18H18N4O6S. The number of rotatable bonds is 8. The molecule has 0 aliphatic carbocycles. The first kappa shape index (κ1) is 20.5. The SMILES string of the molecule is O=C(COC(=O)CCc1nc2ccccc2c(=O)[nH]1)NCCN1C(=O)CSC1=O. The van der Waals surface area contributed by atoms with Crippen LogP contribution in [0.1, 0.15) is 12.2 Å². The second kappa shape index (κ2) is 9.32. The second-order valence-electron chi connectivity index (χ2n) is 6.14. The fourth-order valence-electron chi connectivity index (χ4n) is 2.65. The third-order valence-corrected chi connectivity index (χ3v) is 4.95. The standard InChI is InChI=1S/C18H18N4O6S/c23-14(19-7-8-22-15(24)10-29-18(22)27)9-28-16(25)6-5-13-20-12-4-2-1-3-11(12)17(26)21-13/h1-4H,5-10H2,(H,19,23)(H,20,21,26). The minimum Gasteiger partial charge on any atom is -0.456 e. The van der Waals surface area contributed by atoms with E-state index in [9.17, 15) is 24.0 Å². The van der Waals surface area contributed by atoms with Gasteiger partial charge in [-0.3, -0.25) is 28.9 Å². The molecule has 2 N–H and O–H groups in total. The van der Waals surface area contributed by atoms with Crippen LogP contribution >= 0.6 is 11.8 Å². The molecule has 3 amide bonds. The van der Waals surface area contributed by atoms with Crippen molar-refractivity contribution in [1.29, 1.82) is 0 Å². The summed E-state index contributed by atoms with van der Waals surface area (Å²) in [6.07, 6.45) is 0.111. The number of imide groups is 1. The molecule has 1 saturated heterocycles. The van der Waals surface area contributed by atoms with E-state index in [1.165, 1.54) is 0 Å². The first-order valence-electron chi connectivity index (χ1n) is 8.81. The van der Waals surface area contributed by atoms with E-state index < -0.39 is 18.5 Å². The van der Waals surface area contributed by atoms with E-state index >= 15 is 0 Å². The number of hydrogen-bond acceptors (Lipinski definition) is 8. The van der Waals surface area contributed by atoms with E-state index in [0.717, 1.165) is 16.7 Å². The van der Waals surface area contributed by atoms with Crippen LogP contribution in [-0.2, 0) is 25.5 Å². The molecule has 0 bridgehead atoms. The van der Waals surface area contributed by atoms with Crippen molar-refractivity contribution in [2.75, 3.05) is 25.4 Å². The van der Waals surface area contributed by atoms with Gasteiger partial charge in [0.2, 0.25) is 5.91 Å².